The summed E-state index contributed by atoms with van der Waals surface area (Å²) in [5.74, 6) is 1.04. The van der Waals surface area contributed by atoms with Crippen LogP contribution < -0.4 is 0 Å². The van der Waals surface area contributed by atoms with E-state index in [4.69, 9.17) is 9.68 Å². The smallest absolute Gasteiger partial charge is 0.111 e. The number of nitriles is 1. The topological polar surface area (TPSA) is 36.9 Å². The van der Waals surface area contributed by atoms with E-state index in [-0.39, 0.29) is 0 Å². The fourth-order valence-corrected chi connectivity index (χ4v) is 1.74. The number of nitrogens with zero attached hydrogens (tertiary/aromatic N) is 1. The van der Waals surface area contributed by atoms with Gasteiger partial charge in [0.05, 0.1) is 12.3 Å². The van der Waals surface area contributed by atoms with Crippen molar-refractivity contribution in [3.05, 3.63) is 36.3 Å². The Morgan fingerprint density at radius 2 is 2.07 bits per heavy atom. The van der Waals surface area contributed by atoms with Gasteiger partial charge >= 0.3 is 0 Å². The summed E-state index contributed by atoms with van der Waals surface area (Å²) in [6.45, 7) is 0. The van der Waals surface area contributed by atoms with E-state index in [1.807, 2.05) is 12.1 Å². The number of fused-ring (bicyclic) bond motifs is 1. The molecule has 0 N–H and O–H groups in total. The van der Waals surface area contributed by atoms with Crippen molar-refractivity contribution in [3.8, 4) is 6.07 Å². The summed E-state index contributed by atoms with van der Waals surface area (Å²) in [5.41, 5.74) is 0. The van der Waals surface area contributed by atoms with Crippen LogP contribution in [0, 0.1) is 11.3 Å². The SMILES string of the molecule is N#CCCCCc1occ2ccccc12. The van der Waals surface area contributed by atoms with E-state index in [1.54, 1.807) is 6.26 Å². The van der Waals surface area contributed by atoms with Crippen LogP contribution in [0.3, 0.4) is 0 Å². The molecule has 0 amide bonds. The average molecular weight is 199 g/mol. The van der Waals surface area contributed by atoms with Crippen LogP contribution in [0.2, 0.25) is 0 Å². The molecule has 0 saturated carbocycles. The molecule has 0 radical (unpaired) electrons. The van der Waals surface area contributed by atoms with E-state index in [9.17, 15) is 0 Å². The zero-order valence-electron chi connectivity index (χ0n) is 8.57. The molecule has 0 aliphatic heterocycles. The van der Waals surface area contributed by atoms with Gasteiger partial charge in [-0.15, -0.1) is 0 Å². The summed E-state index contributed by atoms with van der Waals surface area (Å²) in [5, 5.41) is 10.8. The molecule has 1 aromatic carbocycles. The Balaban J connectivity index is 2.05. The van der Waals surface area contributed by atoms with Gasteiger partial charge in [0, 0.05) is 23.6 Å². The largest absolute Gasteiger partial charge is 0.468 e. The highest BCUT2D eigenvalue weighted by Gasteiger charge is 2.04. The van der Waals surface area contributed by atoms with Gasteiger partial charge in [-0.1, -0.05) is 24.3 Å². The average Bonchev–Trinajstić information content (AvgIpc) is 2.68. The van der Waals surface area contributed by atoms with Crippen LogP contribution in [-0.2, 0) is 6.42 Å². The molecule has 0 saturated heterocycles. The first-order valence-electron chi connectivity index (χ1n) is 5.24. The maximum Gasteiger partial charge on any atom is 0.111 e. The molecule has 15 heavy (non-hydrogen) atoms. The molecule has 2 nitrogen and oxygen atoms in total. The van der Waals surface area contributed by atoms with Crippen molar-refractivity contribution in [3.63, 3.8) is 0 Å². The molecule has 0 unspecified atom stereocenters. The van der Waals surface area contributed by atoms with Gasteiger partial charge in [-0.05, 0) is 12.8 Å². The lowest BCUT2D eigenvalue weighted by molar-refractivity contribution is 0.504. The Morgan fingerprint density at radius 3 is 2.93 bits per heavy atom. The molecule has 1 aromatic heterocycles. The van der Waals surface area contributed by atoms with Gasteiger partial charge < -0.3 is 4.42 Å². The third-order valence-corrected chi connectivity index (χ3v) is 2.53. The number of unbranched alkanes of at least 4 members (excludes halogenated alkanes) is 2. The number of hydrogen-bond donors (Lipinski definition) is 0. The van der Waals surface area contributed by atoms with E-state index in [2.05, 4.69) is 18.2 Å². The van der Waals surface area contributed by atoms with Crippen molar-refractivity contribution in [2.24, 2.45) is 0 Å². The minimum absolute atomic E-state index is 0.638. The van der Waals surface area contributed by atoms with E-state index in [0.29, 0.717) is 6.42 Å². The van der Waals surface area contributed by atoms with Gasteiger partial charge in [0.15, 0.2) is 0 Å². The monoisotopic (exact) mass is 199 g/mol. The first-order valence-corrected chi connectivity index (χ1v) is 5.24. The second kappa shape index (κ2) is 4.65. The van der Waals surface area contributed by atoms with Gasteiger partial charge in [-0.25, -0.2) is 0 Å². The van der Waals surface area contributed by atoms with Crippen LogP contribution in [0.5, 0.6) is 0 Å². The fraction of sp³-hybridized carbons (Fsp3) is 0.308. The molecule has 0 atom stereocenters. The highest BCUT2D eigenvalue weighted by Crippen LogP contribution is 2.22. The highest BCUT2D eigenvalue weighted by molar-refractivity contribution is 5.83. The third-order valence-electron chi connectivity index (χ3n) is 2.53. The Bertz CT molecular complexity index is 478. The second-order valence-corrected chi connectivity index (χ2v) is 3.61. The van der Waals surface area contributed by atoms with Crippen molar-refractivity contribution in [2.75, 3.05) is 0 Å². The molecule has 2 aromatic rings. The Labute approximate surface area is 89.1 Å². The number of rotatable bonds is 4. The lowest BCUT2D eigenvalue weighted by Gasteiger charge is -1.95. The second-order valence-electron chi connectivity index (χ2n) is 3.61. The van der Waals surface area contributed by atoms with Crippen molar-refractivity contribution in [1.29, 1.82) is 5.26 Å². The number of furan rings is 1. The zero-order chi connectivity index (χ0) is 10.5. The number of benzene rings is 1. The van der Waals surface area contributed by atoms with Crippen LogP contribution in [0.1, 0.15) is 25.0 Å². The molecule has 0 spiro atoms. The van der Waals surface area contributed by atoms with Gasteiger partial charge in [0.2, 0.25) is 0 Å². The number of hydrogen-bond acceptors (Lipinski definition) is 2. The van der Waals surface area contributed by atoms with Crippen molar-refractivity contribution in [2.45, 2.75) is 25.7 Å². The third kappa shape index (κ3) is 2.19. The quantitative estimate of drug-likeness (QED) is 0.704. The van der Waals surface area contributed by atoms with Crippen LogP contribution in [-0.4, -0.2) is 0 Å². The summed E-state index contributed by atoms with van der Waals surface area (Å²) >= 11 is 0. The Kier molecular flexibility index (Phi) is 3.04. The van der Waals surface area contributed by atoms with E-state index in [1.165, 1.54) is 5.39 Å². The molecule has 1 heterocycles. The maximum absolute atomic E-state index is 8.42. The van der Waals surface area contributed by atoms with Gasteiger partial charge in [-0.3, -0.25) is 0 Å². The molecular formula is C13H13NO. The first-order chi connectivity index (χ1) is 7.42. The summed E-state index contributed by atoms with van der Waals surface area (Å²) in [4.78, 5) is 0. The minimum atomic E-state index is 0.638. The normalized spacial score (nSPS) is 10.3. The molecule has 0 aliphatic rings. The van der Waals surface area contributed by atoms with Crippen molar-refractivity contribution >= 4 is 10.8 Å². The maximum atomic E-state index is 8.42. The summed E-state index contributed by atoms with van der Waals surface area (Å²) < 4.78 is 5.51. The van der Waals surface area contributed by atoms with Gasteiger partial charge in [0.25, 0.3) is 0 Å². The molecule has 2 heteroatoms. The predicted octanol–water partition coefficient (Wildman–Crippen LogP) is 3.67. The van der Waals surface area contributed by atoms with E-state index in [0.717, 1.165) is 30.4 Å². The standard InChI is InChI=1S/C13H13NO/c14-9-5-1-2-8-13-12-7-4-3-6-11(12)10-15-13/h3-4,6-7,10H,1-2,5,8H2. The van der Waals surface area contributed by atoms with E-state index < -0.39 is 0 Å². The lowest BCUT2D eigenvalue weighted by atomic mass is 10.1. The Hall–Kier alpha value is -1.75. The number of aryl methyl sites for hydroxylation is 1. The molecule has 0 fully saturated rings. The molecule has 0 aliphatic carbocycles. The van der Waals surface area contributed by atoms with Crippen LogP contribution >= 0.6 is 0 Å². The van der Waals surface area contributed by atoms with Gasteiger partial charge in [0.1, 0.15) is 5.76 Å². The lowest BCUT2D eigenvalue weighted by Crippen LogP contribution is -1.83. The van der Waals surface area contributed by atoms with Crippen LogP contribution in [0.15, 0.2) is 34.9 Å². The fourth-order valence-electron chi connectivity index (χ4n) is 1.74. The summed E-state index contributed by atoms with van der Waals surface area (Å²) in [7, 11) is 0. The zero-order valence-corrected chi connectivity index (χ0v) is 8.57. The first kappa shape index (κ1) is 9.79. The molecular weight excluding hydrogens is 186 g/mol. The predicted molar refractivity (Wildman–Crippen MR) is 59.4 cm³/mol. The minimum Gasteiger partial charge on any atom is -0.468 e. The highest BCUT2D eigenvalue weighted by atomic mass is 16.3. The van der Waals surface area contributed by atoms with Gasteiger partial charge in [-0.2, -0.15) is 5.26 Å². The molecule has 76 valence electrons. The summed E-state index contributed by atoms with van der Waals surface area (Å²) in [6, 6.07) is 10.3. The summed E-state index contributed by atoms with van der Waals surface area (Å²) in [6.07, 6.45) is 5.33. The Morgan fingerprint density at radius 1 is 1.20 bits per heavy atom. The van der Waals surface area contributed by atoms with Crippen molar-refractivity contribution < 1.29 is 4.42 Å². The van der Waals surface area contributed by atoms with E-state index >= 15 is 0 Å². The van der Waals surface area contributed by atoms with Crippen LogP contribution in [0.4, 0.5) is 0 Å². The van der Waals surface area contributed by atoms with Crippen molar-refractivity contribution in [1.82, 2.24) is 0 Å². The van der Waals surface area contributed by atoms with Crippen LogP contribution in [0.25, 0.3) is 10.8 Å². The molecule has 0 bridgehead atoms. The molecule has 2 rings (SSSR count).